The molecule has 6 atom stereocenters. The van der Waals surface area contributed by atoms with Gasteiger partial charge in [-0.25, -0.2) is 4.79 Å². The van der Waals surface area contributed by atoms with Gasteiger partial charge in [0.2, 0.25) is 0 Å². The summed E-state index contributed by atoms with van der Waals surface area (Å²) in [7, 11) is 1.70. The van der Waals surface area contributed by atoms with Crippen molar-refractivity contribution in [2.24, 2.45) is 11.8 Å². The molecule has 1 aliphatic heterocycles. The Morgan fingerprint density at radius 3 is 2.62 bits per heavy atom. The average molecular weight is 524 g/mol. The van der Waals surface area contributed by atoms with Gasteiger partial charge in [0.25, 0.3) is 0 Å². The molecule has 0 spiro atoms. The second kappa shape index (κ2) is 15.6. The van der Waals surface area contributed by atoms with E-state index in [2.05, 4.69) is 0 Å². The summed E-state index contributed by atoms with van der Waals surface area (Å²) >= 11 is 0. The summed E-state index contributed by atoms with van der Waals surface area (Å²) in [5.41, 5.74) is -0.656. The second-order valence-electron chi connectivity index (χ2n) is 10.2. The van der Waals surface area contributed by atoms with Gasteiger partial charge in [-0.15, -0.1) is 0 Å². The van der Waals surface area contributed by atoms with Gasteiger partial charge in [0.05, 0.1) is 19.1 Å². The Morgan fingerprint density at radius 1 is 1.32 bits per heavy atom. The average Bonchev–Trinajstić information content (AvgIpc) is 2.81. The molecular weight excluding hydrogens is 478 g/mol. The quantitative estimate of drug-likeness (QED) is 0.212. The number of hydrogen-bond donors (Lipinski definition) is 2. The first-order valence-electron chi connectivity index (χ1n) is 12.9. The normalized spacial score (nSPS) is 29.4. The van der Waals surface area contributed by atoms with Gasteiger partial charge in [0.15, 0.2) is 0 Å². The smallest absolute Gasteiger partial charge is 0.409 e. The zero-order valence-electron chi connectivity index (χ0n) is 23.3. The lowest BCUT2D eigenvalue weighted by molar-refractivity contribution is -0.157. The molecule has 9 heteroatoms. The Balaban J connectivity index is 3.03. The molecule has 0 saturated heterocycles. The first-order valence-corrected chi connectivity index (χ1v) is 12.9. The van der Waals surface area contributed by atoms with Crippen molar-refractivity contribution in [1.29, 1.82) is 0 Å². The van der Waals surface area contributed by atoms with Crippen molar-refractivity contribution in [3.05, 3.63) is 36.0 Å². The first kappa shape index (κ1) is 32.4. The minimum atomic E-state index is -1.42. The zero-order chi connectivity index (χ0) is 28.2. The Hall–Kier alpha value is -2.65. The summed E-state index contributed by atoms with van der Waals surface area (Å²) in [6, 6.07) is 0. The number of carbonyl (C=O) groups excluding carboxylic acids is 3. The molecule has 1 amide bonds. The van der Waals surface area contributed by atoms with Gasteiger partial charge in [-0.05, 0) is 44.8 Å². The summed E-state index contributed by atoms with van der Waals surface area (Å²) in [4.78, 5) is 37.6. The highest BCUT2D eigenvalue weighted by atomic mass is 16.6. The van der Waals surface area contributed by atoms with Crippen molar-refractivity contribution < 1.29 is 38.8 Å². The van der Waals surface area contributed by atoms with E-state index < -0.39 is 35.9 Å². The van der Waals surface area contributed by atoms with Crippen molar-refractivity contribution >= 4 is 18.0 Å². The molecule has 0 fully saturated rings. The van der Waals surface area contributed by atoms with E-state index >= 15 is 0 Å². The van der Waals surface area contributed by atoms with Crippen molar-refractivity contribution in [2.75, 3.05) is 20.2 Å². The van der Waals surface area contributed by atoms with E-state index in [1.165, 1.54) is 11.8 Å². The lowest BCUT2D eigenvalue weighted by Gasteiger charge is -2.32. The maximum atomic E-state index is 12.5. The molecule has 210 valence electrons. The maximum absolute atomic E-state index is 12.5. The third kappa shape index (κ3) is 12.0. The fraction of sp³-hybridized carbons (Fsp3) is 0.679. The molecule has 0 aromatic rings. The number of cyclic esters (lactones) is 1. The number of rotatable bonds is 8. The molecule has 1 rings (SSSR count). The molecule has 1 heterocycles. The van der Waals surface area contributed by atoms with Crippen LogP contribution in [0.2, 0.25) is 0 Å². The zero-order valence-corrected chi connectivity index (χ0v) is 23.3. The van der Waals surface area contributed by atoms with Crippen LogP contribution in [-0.4, -0.2) is 77.3 Å². The van der Waals surface area contributed by atoms with Crippen molar-refractivity contribution in [3.8, 4) is 0 Å². The minimum Gasteiger partial charge on any atom is -0.457 e. The van der Waals surface area contributed by atoms with E-state index in [1.807, 2.05) is 45.9 Å². The third-order valence-electron chi connectivity index (χ3n) is 6.21. The van der Waals surface area contributed by atoms with Gasteiger partial charge in [-0.1, -0.05) is 45.1 Å². The summed E-state index contributed by atoms with van der Waals surface area (Å²) in [6.07, 6.45) is 6.91. The third-order valence-corrected chi connectivity index (χ3v) is 6.21. The highest BCUT2D eigenvalue weighted by Crippen LogP contribution is 2.27. The van der Waals surface area contributed by atoms with Gasteiger partial charge >= 0.3 is 18.0 Å². The summed E-state index contributed by atoms with van der Waals surface area (Å²) < 4.78 is 16.4. The van der Waals surface area contributed by atoms with Gasteiger partial charge in [-0.3, -0.25) is 9.59 Å². The largest absolute Gasteiger partial charge is 0.457 e. The van der Waals surface area contributed by atoms with E-state index in [1.54, 1.807) is 26.1 Å². The summed E-state index contributed by atoms with van der Waals surface area (Å²) in [5.74, 6) is -1.41. The van der Waals surface area contributed by atoms with Crippen LogP contribution in [0.1, 0.15) is 67.2 Å². The van der Waals surface area contributed by atoms with Crippen LogP contribution in [0.25, 0.3) is 0 Å². The van der Waals surface area contributed by atoms with E-state index in [4.69, 9.17) is 14.2 Å². The predicted octanol–water partition coefficient (Wildman–Crippen LogP) is 3.94. The van der Waals surface area contributed by atoms with Crippen LogP contribution >= 0.6 is 0 Å². The molecule has 1 aliphatic rings. The number of allylic oxidation sites excluding steroid dienone is 2. The van der Waals surface area contributed by atoms with Crippen molar-refractivity contribution in [1.82, 2.24) is 4.90 Å². The van der Waals surface area contributed by atoms with E-state index in [-0.39, 0.29) is 43.8 Å². The molecular formula is C28H45NO8. The molecule has 37 heavy (non-hydrogen) atoms. The number of ether oxygens (including phenoxy) is 3. The predicted molar refractivity (Wildman–Crippen MR) is 141 cm³/mol. The number of hydrogen-bond acceptors (Lipinski definition) is 8. The fourth-order valence-corrected chi connectivity index (χ4v) is 3.92. The first-order chi connectivity index (χ1) is 17.3. The van der Waals surface area contributed by atoms with Crippen molar-refractivity contribution in [3.63, 3.8) is 0 Å². The number of aliphatic hydroxyl groups excluding tert-OH is 1. The Kier molecular flexibility index (Phi) is 13.6. The Morgan fingerprint density at radius 2 is 2.00 bits per heavy atom. The van der Waals surface area contributed by atoms with Gasteiger partial charge in [0.1, 0.15) is 17.8 Å². The summed E-state index contributed by atoms with van der Waals surface area (Å²) in [6.45, 7) is 11.3. The van der Waals surface area contributed by atoms with Crippen LogP contribution in [0, 0.1) is 11.8 Å². The standard InChI is InChI=1S/C28H45NO8/c1-8-16-29(7)27(33)35-18-19(2)10-9-11-20(3)26-21(4)12-13-24(36-22(5)30)28(6,34)15-14-23(31)17-25(32)37-26/h9-13,19,21,23-24,26,31,34H,8,14-18H2,1-7H3/b10-9+,13-12+,20-11+/t19-,21+,23-,24+,26-,28-/m1/s1. The monoisotopic (exact) mass is 523 g/mol. The lowest BCUT2D eigenvalue weighted by Crippen LogP contribution is -2.42. The van der Waals surface area contributed by atoms with Gasteiger partial charge < -0.3 is 29.3 Å². The number of carbonyl (C=O) groups is 3. The minimum absolute atomic E-state index is 0.0268. The van der Waals surface area contributed by atoms with Crippen LogP contribution in [0.15, 0.2) is 36.0 Å². The van der Waals surface area contributed by atoms with Crippen molar-refractivity contribution in [2.45, 2.75) is 91.1 Å². The highest BCUT2D eigenvalue weighted by molar-refractivity contribution is 5.70. The molecule has 2 N–H and O–H groups in total. The highest BCUT2D eigenvalue weighted by Gasteiger charge is 2.35. The van der Waals surface area contributed by atoms with Crippen LogP contribution in [0.5, 0.6) is 0 Å². The van der Waals surface area contributed by atoms with E-state index in [0.29, 0.717) is 6.54 Å². The molecule has 0 radical (unpaired) electrons. The summed E-state index contributed by atoms with van der Waals surface area (Å²) in [5, 5.41) is 21.2. The molecule has 0 saturated carbocycles. The lowest BCUT2D eigenvalue weighted by atomic mass is 9.88. The Labute approximate surface area is 221 Å². The van der Waals surface area contributed by atoms with E-state index in [9.17, 15) is 24.6 Å². The number of amides is 1. The molecule has 0 aromatic carbocycles. The van der Waals surface area contributed by atoms with Crippen LogP contribution in [0.3, 0.4) is 0 Å². The van der Waals surface area contributed by atoms with Crippen LogP contribution in [0.4, 0.5) is 4.79 Å². The topological polar surface area (TPSA) is 123 Å². The van der Waals surface area contributed by atoms with E-state index in [0.717, 1.165) is 12.0 Å². The molecule has 9 nitrogen and oxygen atoms in total. The van der Waals surface area contributed by atoms with Crippen LogP contribution < -0.4 is 0 Å². The maximum Gasteiger partial charge on any atom is 0.409 e. The number of aliphatic hydroxyl groups is 2. The molecule has 0 aromatic heterocycles. The number of esters is 2. The Bertz CT molecular complexity index is 847. The number of nitrogens with zero attached hydrogens (tertiary/aromatic N) is 1. The SMILES string of the molecule is CCCN(C)C(=O)OC[C@H](C)/C=C/C=C(\C)[C@H]1OC(=O)C[C@H](O)CC[C@@](C)(O)[C@@H](OC(C)=O)/C=C/[C@@H]1C. The van der Waals surface area contributed by atoms with Gasteiger partial charge in [-0.2, -0.15) is 0 Å². The fourth-order valence-electron chi connectivity index (χ4n) is 3.92. The molecule has 0 bridgehead atoms. The molecule has 0 aliphatic carbocycles. The molecule has 0 unspecified atom stereocenters. The van der Waals surface area contributed by atoms with Gasteiger partial charge in [0, 0.05) is 32.4 Å². The second-order valence-corrected chi connectivity index (χ2v) is 10.2. The van der Waals surface area contributed by atoms with Crippen LogP contribution in [-0.2, 0) is 23.8 Å².